The Kier molecular flexibility index (Phi) is 4.08. The van der Waals surface area contributed by atoms with Gasteiger partial charge in [0.05, 0.1) is 24.9 Å². The molecule has 1 fully saturated rings. The molecule has 1 rings (SSSR count). The zero-order chi connectivity index (χ0) is 9.84. The lowest BCUT2D eigenvalue weighted by atomic mass is 10.0. The predicted octanol–water partition coefficient (Wildman–Crippen LogP) is -2.19. The Morgan fingerprint density at radius 1 is 1.00 bits per heavy atom. The minimum atomic E-state index is -0.909. The topological polar surface area (TPSA) is 93.0 Å². The van der Waals surface area contributed by atoms with Crippen LogP contribution in [0.1, 0.15) is 12.8 Å². The van der Waals surface area contributed by atoms with E-state index in [4.69, 9.17) is 10.2 Å². The van der Waals surface area contributed by atoms with Gasteiger partial charge < -0.3 is 25.7 Å². The van der Waals surface area contributed by atoms with Crippen LogP contribution in [0.4, 0.5) is 0 Å². The average Bonchev–Trinajstić information content (AvgIpc) is 2.41. The third-order valence-corrected chi connectivity index (χ3v) is 2.47. The van der Waals surface area contributed by atoms with Crippen molar-refractivity contribution in [3.05, 3.63) is 0 Å². The van der Waals surface area contributed by atoms with Gasteiger partial charge in [0.2, 0.25) is 0 Å². The van der Waals surface area contributed by atoms with Crippen molar-refractivity contribution in [3.63, 3.8) is 0 Å². The minimum absolute atomic E-state index is 0.0742. The first-order chi connectivity index (χ1) is 6.20. The Morgan fingerprint density at radius 3 is 2.08 bits per heavy atom. The summed E-state index contributed by atoms with van der Waals surface area (Å²) in [6.07, 6.45) is -0.567. The number of hydrogen-bond donors (Lipinski definition) is 5. The minimum Gasteiger partial charge on any atom is -0.396 e. The van der Waals surface area contributed by atoms with E-state index < -0.39 is 18.2 Å². The molecule has 1 aliphatic heterocycles. The van der Waals surface area contributed by atoms with E-state index in [1.807, 2.05) is 0 Å². The van der Waals surface area contributed by atoms with Crippen LogP contribution in [0.5, 0.6) is 0 Å². The van der Waals surface area contributed by atoms with Gasteiger partial charge in [-0.15, -0.1) is 0 Å². The number of aliphatic hydroxyl groups excluding tert-OH is 4. The second-order valence-electron chi connectivity index (χ2n) is 3.41. The highest BCUT2D eigenvalue weighted by atomic mass is 16.3. The molecule has 0 radical (unpaired) electrons. The Labute approximate surface area is 77.0 Å². The molecule has 0 aromatic carbocycles. The summed E-state index contributed by atoms with van der Waals surface area (Å²) in [5.41, 5.74) is 0. The van der Waals surface area contributed by atoms with Crippen molar-refractivity contribution in [2.45, 2.75) is 37.1 Å². The third-order valence-electron chi connectivity index (χ3n) is 2.47. The third kappa shape index (κ3) is 2.38. The SMILES string of the molecule is OCCC[C@H]1N[C@H](CO)[C@@H](O)[C@@H]1O. The quantitative estimate of drug-likeness (QED) is 0.348. The van der Waals surface area contributed by atoms with E-state index in [0.717, 1.165) is 0 Å². The molecule has 0 unspecified atom stereocenters. The van der Waals surface area contributed by atoms with Crippen LogP contribution in [0.2, 0.25) is 0 Å². The van der Waals surface area contributed by atoms with Crippen LogP contribution in [0.15, 0.2) is 0 Å². The predicted molar refractivity (Wildman–Crippen MR) is 46.1 cm³/mol. The Morgan fingerprint density at radius 2 is 1.62 bits per heavy atom. The summed E-state index contributed by atoms with van der Waals surface area (Å²) >= 11 is 0. The van der Waals surface area contributed by atoms with E-state index in [0.29, 0.717) is 12.8 Å². The van der Waals surface area contributed by atoms with Gasteiger partial charge in [-0.25, -0.2) is 0 Å². The van der Waals surface area contributed by atoms with Crippen LogP contribution in [-0.2, 0) is 0 Å². The van der Waals surface area contributed by atoms with Gasteiger partial charge in [0.25, 0.3) is 0 Å². The van der Waals surface area contributed by atoms with Crippen molar-refractivity contribution in [2.75, 3.05) is 13.2 Å². The number of rotatable bonds is 4. The zero-order valence-corrected chi connectivity index (χ0v) is 7.43. The van der Waals surface area contributed by atoms with Gasteiger partial charge in [-0.3, -0.25) is 0 Å². The van der Waals surface area contributed by atoms with Gasteiger partial charge in [-0.2, -0.15) is 0 Å². The smallest absolute Gasteiger partial charge is 0.0989 e. The van der Waals surface area contributed by atoms with Crippen LogP contribution in [0, 0.1) is 0 Å². The molecule has 5 heteroatoms. The van der Waals surface area contributed by atoms with Crippen LogP contribution < -0.4 is 5.32 Å². The van der Waals surface area contributed by atoms with Gasteiger partial charge in [0, 0.05) is 12.6 Å². The fraction of sp³-hybridized carbons (Fsp3) is 1.00. The first-order valence-corrected chi connectivity index (χ1v) is 4.54. The molecule has 0 spiro atoms. The first-order valence-electron chi connectivity index (χ1n) is 4.54. The Hall–Kier alpha value is -0.200. The lowest BCUT2D eigenvalue weighted by Gasteiger charge is -2.14. The van der Waals surface area contributed by atoms with Crippen molar-refractivity contribution in [2.24, 2.45) is 0 Å². The molecule has 0 aliphatic carbocycles. The van der Waals surface area contributed by atoms with Crippen LogP contribution in [0.25, 0.3) is 0 Å². The molecule has 0 bridgehead atoms. The zero-order valence-electron chi connectivity index (χ0n) is 7.43. The van der Waals surface area contributed by atoms with Crippen molar-refractivity contribution >= 4 is 0 Å². The second kappa shape index (κ2) is 4.88. The largest absolute Gasteiger partial charge is 0.396 e. The van der Waals surface area contributed by atoms with E-state index in [9.17, 15) is 10.2 Å². The molecule has 0 aromatic rings. The van der Waals surface area contributed by atoms with Gasteiger partial charge in [-0.1, -0.05) is 0 Å². The van der Waals surface area contributed by atoms with Gasteiger partial charge >= 0.3 is 0 Å². The summed E-state index contributed by atoms with van der Waals surface area (Å²) < 4.78 is 0. The summed E-state index contributed by atoms with van der Waals surface area (Å²) in [4.78, 5) is 0. The molecule has 5 N–H and O–H groups in total. The molecule has 13 heavy (non-hydrogen) atoms. The molecule has 0 saturated carbocycles. The lowest BCUT2D eigenvalue weighted by Crippen LogP contribution is -2.36. The maximum atomic E-state index is 9.48. The molecule has 78 valence electrons. The highest BCUT2D eigenvalue weighted by Gasteiger charge is 2.39. The molecule has 0 aromatic heterocycles. The summed E-state index contributed by atoms with van der Waals surface area (Å²) in [6, 6.07) is -0.669. The van der Waals surface area contributed by atoms with E-state index in [1.54, 1.807) is 0 Å². The van der Waals surface area contributed by atoms with Crippen LogP contribution in [0.3, 0.4) is 0 Å². The molecule has 1 saturated heterocycles. The molecule has 4 atom stereocenters. The van der Waals surface area contributed by atoms with Gasteiger partial charge in [-0.05, 0) is 12.8 Å². The standard InChI is InChI=1S/C8H17NO4/c10-3-1-2-5-7(12)8(13)6(4-11)9-5/h5-13H,1-4H2/t5-,6-,7-,8-/m1/s1. The Bertz CT molecular complexity index is 155. The number of nitrogens with one attached hydrogen (secondary N) is 1. The van der Waals surface area contributed by atoms with E-state index >= 15 is 0 Å². The lowest BCUT2D eigenvalue weighted by molar-refractivity contribution is 0.0182. The van der Waals surface area contributed by atoms with Crippen molar-refractivity contribution in [1.29, 1.82) is 0 Å². The molecule has 1 heterocycles. The maximum Gasteiger partial charge on any atom is 0.0989 e. The molecular weight excluding hydrogens is 174 g/mol. The maximum absolute atomic E-state index is 9.48. The van der Waals surface area contributed by atoms with Gasteiger partial charge in [0.15, 0.2) is 0 Å². The molecular formula is C8H17NO4. The highest BCUT2D eigenvalue weighted by Crippen LogP contribution is 2.17. The number of hydrogen-bond acceptors (Lipinski definition) is 5. The van der Waals surface area contributed by atoms with E-state index in [2.05, 4.69) is 5.32 Å². The van der Waals surface area contributed by atoms with Crippen molar-refractivity contribution < 1.29 is 20.4 Å². The van der Waals surface area contributed by atoms with E-state index in [-0.39, 0.29) is 19.3 Å². The Balaban J connectivity index is 2.40. The van der Waals surface area contributed by atoms with Crippen LogP contribution in [-0.4, -0.2) is 57.9 Å². The summed E-state index contributed by atoms with van der Waals surface area (Å²) in [5.74, 6) is 0. The van der Waals surface area contributed by atoms with Crippen LogP contribution >= 0.6 is 0 Å². The van der Waals surface area contributed by atoms with E-state index in [1.165, 1.54) is 0 Å². The van der Waals surface area contributed by atoms with Crippen molar-refractivity contribution in [3.8, 4) is 0 Å². The highest BCUT2D eigenvalue weighted by molar-refractivity contribution is 4.97. The normalized spacial score (nSPS) is 39.7. The van der Waals surface area contributed by atoms with Gasteiger partial charge in [0.1, 0.15) is 0 Å². The first kappa shape index (κ1) is 10.9. The van der Waals surface area contributed by atoms with Crippen molar-refractivity contribution in [1.82, 2.24) is 5.32 Å². The number of aliphatic hydroxyl groups is 4. The fourth-order valence-corrected chi connectivity index (χ4v) is 1.67. The molecule has 0 amide bonds. The fourth-order valence-electron chi connectivity index (χ4n) is 1.67. The molecule has 5 nitrogen and oxygen atoms in total. The second-order valence-corrected chi connectivity index (χ2v) is 3.41. The average molecular weight is 191 g/mol. The molecule has 1 aliphatic rings. The summed E-state index contributed by atoms with van der Waals surface area (Å²) in [6.45, 7) is -0.112. The monoisotopic (exact) mass is 191 g/mol. The summed E-state index contributed by atoms with van der Waals surface area (Å²) in [7, 11) is 0. The summed E-state index contributed by atoms with van der Waals surface area (Å²) in [5, 5.41) is 39.2.